The van der Waals surface area contributed by atoms with E-state index in [0.29, 0.717) is 0 Å². The van der Waals surface area contributed by atoms with E-state index < -0.39 is 0 Å². The molecule has 0 radical (unpaired) electrons. The summed E-state index contributed by atoms with van der Waals surface area (Å²) in [5.41, 5.74) is 11.9. The van der Waals surface area contributed by atoms with E-state index in [-0.39, 0.29) is 5.41 Å². The third kappa shape index (κ3) is 1.95. The minimum Gasteiger partial charge on any atom is -0.0619 e. The Morgan fingerprint density at radius 3 is 1.68 bits per heavy atom. The summed E-state index contributed by atoms with van der Waals surface area (Å²) in [6, 6.07) is 29.3. The summed E-state index contributed by atoms with van der Waals surface area (Å²) in [6.45, 7) is 2.19. The van der Waals surface area contributed by atoms with E-state index in [9.17, 15) is 0 Å². The molecule has 0 aliphatic heterocycles. The molecule has 1 spiro atoms. The van der Waals surface area contributed by atoms with Crippen LogP contribution in [0.15, 0.2) is 87.8 Å². The van der Waals surface area contributed by atoms with E-state index in [4.69, 9.17) is 0 Å². The molecule has 0 bridgehead atoms. The van der Waals surface area contributed by atoms with Crippen molar-refractivity contribution >= 4 is 31.9 Å². The maximum Gasteiger partial charge on any atom is 0.0726 e. The highest BCUT2D eigenvalue weighted by Gasteiger charge is 2.51. The van der Waals surface area contributed by atoms with Crippen molar-refractivity contribution in [2.45, 2.75) is 12.3 Å². The number of hydrogen-bond acceptors (Lipinski definition) is 0. The Hall–Kier alpha value is -2.16. The fourth-order valence-electron chi connectivity index (χ4n) is 5.24. The summed E-state index contributed by atoms with van der Waals surface area (Å²) in [6.07, 6.45) is 0. The minimum absolute atomic E-state index is 0.268. The van der Waals surface area contributed by atoms with Crippen molar-refractivity contribution in [2.24, 2.45) is 0 Å². The van der Waals surface area contributed by atoms with Gasteiger partial charge in [-0.15, -0.1) is 0 Å². The highest BCUT2D eigenvalue weighted by molar-refractivity contribution is 9.10. The summed E-state index contributed by atoms with van der Waals surface area (Å²) in [5.74, 6) is 0. The molecule has 0 saturated carbocycles. The van der Waals surface area contributed by atoms with Gasteiger partial charge in [0.2, 0.25) is 0 Å². The SMILES string of the molecule is Cc1ccc2c(c1)C1(c3ccccc3-2)c2cc(Br)ccc2-c2ccc(Br)cc21. The van der Waals surface area contributed by atoms with Crippen molar-refractivity contribution in [2.75, 3.05) is 0 Å². The Bertz CT molecular complexity index is 1230. The first-order valence-corrected chi connectivity index (χ1v) is 11.0. The molecule has 0 amide bonds. The highest BCUT2D eigenvalue weighted by atomic mass is 79.9. The van der Waals surface area contributed by atoms with Crippen molar-refractivity contribution in [3.8, 4) is 22.3 Å². The maximum absolute atomic E-state index is 3.74. The van der Waals surface area contributed by atoms with Gasteiger partial charge in [0.25, 0.3) is 0 Å². The standard InChI is InChI=1S/C26H16Br2/c1-15-6-9-19-18-4-2-3-5-22(18)26(23(19)12-15)24-13-16(27)7-10-20(24)21-11-8-17(28)14-25(21)26/h2-14H,1H3. The first-order chi connectivity index (χ1) is 13.6. The Labute approximate surface area is 181 Å². The normalized spacial score (nSPS) is 14.5. The Kier molecular flexibility index (Phi) is 3.40. The van der Waals surface area contributed by atoms with Crippen LogP contribution in [0.3, 0.4) is 0 Å². The molecule has 0 nitrogen and oxygen atoms in total. The molecule has 0 N–H and O–H groups in total. The largest absolute Gasteiger partial charge is 0.0726 e. The molecule has 2 heteroatoms. The lowest BCUT2D eigenvalue weighted by molar-refractivity contribution is 0.791. The summed E-state index contributed by atoms with van der Waals surface area (Å²) in [5, 5.41) is 0. The fraction of sp³-hybridized carbons (Fsp3) is 0.0769. The molecule has 2 aliphatic carbocycles. The molecule has 28 heavy (non-hydrogen) atoms. The second kappa shape index (κ2) is 5.68. The lowest BCUT2D eigenvalue weighted by Crippen LogP contribution is -2.26. The van der Waals surface area contributed by atoms with Crippen LogP contribution in [-0.2, 0) is 5.41 Å². The average Bonchev–Trinajstić information content (AvgIpc) is 3.13. The van der Waals surface area contributed by atoms with Crippen molar-refractivity contribution < 1.29 is 0 Å². The van der Waals surface area contributed by atoms with Crippen LogP contribution in [0, 0.1) is 6.92 Å². The first kappa shape index (κ1) is 16.8. The molecular formula is C26H16Br2. The van der Waals surface area contributed by atoms with Gasteiger partial charge in [-0.1, -0.05) is 92.0 Å². The number of halogens is 2. The van der Waals surface area contributed by atoms with Gasteiger partial charge >= 0.3 is 0 Å². The van der Waals surface area contributed by atoms with E-state index in [1.54, 1.807) is 0 Å². The molecule has 0 aromatic heterocycles. The monoisotopic (exact) mass is 486 g/mol. The molecule has 0 fully saturated rings. The topological polar surface area (TPSA) is 0 Å². The molecule has 4 aromatic rings. The zero-order valence-electron chi connectivity index (χ0n) is 15.3. The molecular weight excluding hydrogens is 472 g/mol. The van der Waals surface area contributed by atoms with Crippen molar-refractivity contribution in [3.63, 3.8) is 0 Å². The van der Waals surface area contributed by atoms with Gasteiger partial charge in [0.05, 0.1) is 5.41 Å². The van der Waals surface area contributed by atoms with Crippen molar-refractivity contribution in [1.29, 1.82) is 0 Å². The van der Waals surface area contributed by atoms with E-state index in [1.165, 1.54) is 50.1 Å². The van der Waals surface area contributed by atoms with Crippen LogP contribution in [0.4, 0.5) is 0 Å². The lowest BCUT2D eigenvalue weighted by atomic mass is 9.70. The zero-order chi connectivity index (χ0) is 19.0. The van der Waals surface area contributed by atoms with Crippen LogP contribution in [0.1, 0.15) is 27.8 Å². The highest BCUT2D eigenvalue weighted by Crippen LogP contribution is 2.63. The van der Waals surface area contributed by atoms with Crippen molar-refractivity contribution in [3.05, 3.63) is 116 Å². The van der Waals surface area contributed by atoms with Gasteiger partial charge in [-0.2, -0.15) is 0 Å². The minimum atomic E-state index is -0.268. The van der Waals surface area contributed by atoms with E-state index in [0.717, 1.165) is 8.95 Å². The fourth-order valence-corrected chi connectivity index (χ4v) is 5.96. The van der Waals surface area contributed by atoms with E-state index in [1.807, 2.05) is 0 Å². The summed E-state index contributed by atoms with van der Waals surface area (Å²) in [4.78, 5) is 0. The third-order valence-corrected chi connectivity index (χ3v) is 7.25. The first-order valence-electron chi connectivity index (χ1n) is 9.42. The van der Waals surface area contributed by atoms with Crippen LogP contribution in [0.5, 0.6) is 0 Å². The van der Waals surface area contributed by atoms with E-state index >= 15 is 0 Å². The molecule has 4 aromatic carbocycles. The molecule has 134 valence electrons. The average molecular weight is 488 g/mol. The van der Waals surface area contributed by atoms with Crippen LogP contribution >= 0.6 is 31.9 Å². The van der Waals surface area contributed by atoms with Gasteiger partial charge in [0.1, 0.15) is 0 Å². The van der Waals surface area contributed by atoms with Crippen LogP contribution in [-0.4, -0.2) is 0 Å². The predicted molar refractivity (Wildman–Crippen MR) is 123 cm³/mol. The molecule has 0 unspecified atom stereocenters. The van der Waals surface area contributed by atoms with Crippen LogP contribution < -0.4 is 0 Å². The van der Waals surface area contributed by atoms with Gasteiger partial charge in [0.15, 0.2) is 0 Å². The molecule has 6 rings (SSSR count). The number of aryl methyl sites for hydroxylation is 1. The van der Waals surface area contributed by atoms with Crippen LogP contribution in [0.25, 0.3) is 22.3 Å². The van der Waals surface area contributed by atoms with Gasteiger partial charge in [-0.05, 0) is 75.7 Å². The quantitative estimate of drug-likeness (QED) is 0.204. The molecule has 2 aliphatic rings. The Morgan fingerprint density at radius 2 is 1.04 bits per heavy atom. The molecule has 0 atom stereocenters. The number of rotatable bonds is 0. The predicted octanol–water partition coefficient (Wildman–Crippen LogP) is 7.86. The molecule has 0 saturated heterocycles. The van der Waals surface area contributed by atoms with Crippen molar-refractivity contribution in [1.82, 2.24) is 0 Å². The zero-order valence-corrected chi connectivity index (χ0v) is 18.4. The molecule has 0 heterocycles. The number of hydrogen-bond donors (Lipinski definition) is 0. The van der Waals surface area contributed by atoms with E-state index in [2.05, 4.69) is 118 Å². The number of fused-ring (bicyclic) bond motifs is 10. The third-order valence-electron chi connectivity index (χ3n) is 6.26. The van der Waals surface area contributed by atoms with Gasteiger partial charge in [-0.3, -0.25) is 0 Å². The second-order valence-corrected chi connectivity index (χ2v) is 9.56. The van der Waals surface area contributed by atoms with Gasteiger partial charge < -0.3 is 0 Å². The van der Waals surface area contributed by atoms with Crippen LogP contribution in [0.2, 0.25) is 0 Å². The summed E-state index contributed by atoms with van der Waals surface area (Å²) < 4.78 is 2.24. The van der Waals surface area contributed by atoms with Gasteiger partial charge in [0, 0.05) is 8.95 Å². The lowest BCUT2D eigenvalue weighted by Gasteiger charge is -2.30. The van der Waals surface area contributed by atoms with Gasteiger partial charge in [-0.25, -0.2) is 0 Å². The smallest absolute Gasteiger partial charge is 0.0619 e. The summed E-state index contributed by atoms with van der Waals surface area (Å²) >= 11 is 7.48. The maximum atomic E-state index is 3.74. The second-order valence-electron chi connectivity index (χ2n) is 7.72. The Balaban J connectivity index is 1.88. The summed E-state index contributed by atoms with van der Waals surface area (Å²) in [7, 11) is 0. The number of benzene rings is 4. The Morgan fingerprint density at radius 1 is 0.536 bits per heavy atom.